The highest BCUT2D eigenvalue weighted by Gasteiger charge is 2.27. The molecule has 2 amide bonds. The van der Waals surface area contributed by atoms with Crippen molar-refractivity contribution < 1.29 is 28.2 Å². The van der Waals surface area contributed by atoms with Gasteiger partial charge in [-0.3, -0.25) is 14.0 Å². The molecule has 31 heavy (non-hydrogen) atoms. The van der Waals surface area contributed by atoms with E-state index in [0.29, 0.717) is 12.0 Å². The smallest absolute Gasteiger partial charge is 0.417 e. The molecule has 0 saturated heterocycles. The molecule has 0 aliphatic rings. The van der Waals surface area contributed by atoms with Crippen molar-refractivity contribution in [2.45, 2.75) is 52.6 Å². The zero-order valence-corrected chi connectivity index (χ0v) is 19.7. The largest absolute Gasteiger partial charge is 0.482 e. The number of ketones is 1. The van der Waals surface area contributed by atoms with Gasteiger partial charge in [-0.2, -0.15) is 0 Å². The Kier molecular flexibility index (Phi) is 10.5. The third-order valence-corrected chi connectivity index (χ3v) is 4.94. The average Bonchev–Trinajstić information content (AvgIpc) is 2.69. The Hall–Kier alpha value is -2.12. The lowest BCUT2D eigenvalue weighted by atomic mass is 10.0. The predicted molar refractivity (Wildman–Crippen MR) is 119 cm³/mol. The van der Waals surface area contributed by atoms with Gasteiger partial charge in [-0.1, -0.05) is 36.7 Å². The van der Waals surface area contributed by atoms with Crippen molar-refractivity contribution in [3.8, 4) is 5.75 Å². The van der Waals surface area contributed by atoms with Gasteiger partial charge in [-0.25, -0.2) is 9.69 Å². The minimum Gasteiger partial charge on any atom is -0.482 e. The van der Waals surface area contributed by atoms with Crippen LogP contribution < -0.4 is 4.74 Å². The summed E-state index contributed by atoms with van der Waals surface area (Å²) in [6.45, 7) is 9.40. The SMILES string of the molecule is C=C(CC)C(=O)c1ccc(OCC(=O)N(CCCCF)C(=O)OC(C)(C)C)c(Cl)c1Cl. The number of carbonyl (C=O) groups is 3. The molecule has 0 aromatic heterocycles. The molecular formula is C22H28Cl2FNO5. The van der Waals surface area contributed by atoms with Gasteiger partial charge in [0.25, 0.3) is 5.91 Å². The minimum absolute atomic E-state index is 0.0118. The Morgan fingerprint density at radius 2 is 1.77 bits per heavy atom. The molecule has 0 bridgehead atoms. The second kappa shape index (κ2) is 12.1. The van der Waals surface area contributed by atoms with Gasteiger partial charge in [0, 0.05) is 12.1 Å². The molecule has 0 aliphatic heterocycles. The molecule has 172 valence electrons. The molecule has 0 saturated carbocycles. The minimum atomic E-state index is -0.844. The van der Waals surface area contributed by atoms with E-state index < -0.39 is 30.9 Å². The first kappa shape index (κ1) is 26.9. The number of benzene rings is 1. The molecule has 0 spiro atoms. The van der Waals surface area contributed by atoms with Crippen LogP contribution in [0.15, 0.2) is 24.3 Å². The van der Waals surface area contributed by atoms with E-state index in [1.807, 2.05) is 0 Å². The molecule has 0 radical (unpaired) electrons. The molecule has 1 aromatic carbocycles. The number of rotatable bonds is 10. The van der Waals surface area contributed by atoms with Gasteiger partial charge in [-0.05, 0) is 57.7 Å². The number of alkyl halides is 1. The summed E-state index contributed by atoms with van der Waals surface area (Å²) in [4.78, 5) is 38.2. The first-order valence-electron chi connectivity index (χ1n) is 9.85. The van der Waals surface area contributed by atoms with Crippen LogP contribution in [0.4, 0.5) is 9.18 Å². The fourth-order valence-corrected chi connectivity index (χ4v) is 2.85. The number of nitrogens with zero attached hydrogens (tertiary/aromatic N) is 1. The Balaban J connectivity index is 2.95. The van der Waals surface area contributed by atoms with Gasteiger partial charge in [0.2, 0.25) is 0 Å². The van der Waals surface area contributed by atoms with Gasteiger partial charge in [0.1, 0.15) is 16.4 Å². The first-order chi connectivity index (χ1) is 14.4. The first-order valence-corrected chi connectivity index (χ1v) is 10.6. The molecule has 9 heteroatoms. The number of amides is 2. The van der Waals surface area contributed by atoms with E-state index in [-0.39, 0.29) is 46.5 Å². The van der Waals surface area contributed by atoms with Gasteiger partial charge in [-0.15, -0.1) is 0 Å². The summed E-state index contributed by atoms with van der Waals surface area (Å²) < 4.78 is 23.1. The van der Waals surface area contributed by atoms with Crippen molar-refractivity contribution in [2.24, 2.45) is 0 Å². The summed E-state index contributed by atoms with van der Waals surface area (Å²) in [5.41, 5.74) is -0.250. The van der Waals surface area contributed by atoms with Crippen LogP contribution >= 0.6 is 23.2 Å². The van der Waals surface area contributed by atoms with Crippen LogP contribution in [0.3, 0.4) is 0 Å². The highest BCUT2D eigenvalue weighted by Crippen LogP contribution is 2.35. The molecule has 0 N–H and O–H groups in total. The number of ether oxygens (including phenoxy) is 2. The molecule has 6 nitrogen and oxygen atoms in total. The number of hydrogen-bond donors (Lipinski definition) is 0. The van der Waals surface area contributed by atoms with Crippen LogP contribution in [0.5, 0.6) is 5.75 Å². The molecule has 0 fully saturated rings. The lowest BCUT2D eigenvalue weighted by Crippen LogP contribution is -2.43. The fraction of sp³-hybridized carbons (Fsp3) is 0.500. The van der Waals surface area contributed by atoms with E-state index in [1.165, 1.54) is 12.1 Å². The van der Waals surface area contributed by atoms with Crippen molar-refractivity contribution in [3.05, 3.63) is 39.9 Å². The predicted octanol–water partition coefficient (Wildman–Crippen LogP) is 6.03. The Bertz CT molecular complexity index is 836. The third kappa shape index (κ3) is 8.15. The highest BCUT2D eigenvalue weighted by molar-refractivity contribution is 6.45. The molecule has 1 aromatic rings. The van der Waals surface area contributed by atoms with E-state index in [4.69, 9.17) is 32.7 Å². The van der Waals surface area contributed by atoms with Crippen molar-refractivity contribution in [3.63, 3.8) is 0 Å². The maximum Gasteiger partial charge on any atom is 0.417 e. The molecule has 0 unspecified atom stereocenters. The summed E-state index contributed by atoms with van der Waals surface area (Å²) in [5, 5.41) is -0.0522. The topological polar surface area (TPSA) is 72.9 Å². The number of halogens is 3. The van der Waals surface area contributed by atoms with E-state index >= 15 is 0 Å². The normalized spacial score (nSPS) is 11.1. The van der Waals surface area contributed by atoms with Crippen molar-refractivity contribution in [2.75, 3.05) is 19.8 Å². The van der Waals surface area contributed by atoms with Crippen molar-refractivity contribution in [1.29, 1.82) is 0 Å². The van der Waals surface area contributed by atoms with Crippen LogP contribution in [-0.4, -0.2) is 48.1 Å². The zero-order valence-electron chi connectivity index (χ0n) is 18.2. The van der Waals surface area contributed by atoms with Crippen LogP contribution in [0.1, 0.15) is 57.3 Å². The lowest BCUT2D eigenvalue weighted by Gasteiger charge is -2.26. The van der Waals surface area contributed by atoms with Crippen molar-refractivity contribution >= 4 is 41.0 Å². The second-order valence-electron chi connectivity index (χ2n) is 7.74. The number of imide groups is 1. The summed E-state index contributed by atoms with van der Waals surface area (Å²) in [6, 6.07) is 2.85. The number of Topliss-reactive ketones (excluding diaryl/α,β-unsaturated/α-hetero) is 1. The molecular weight excluding hydrogens is 448 g/mol. The maximum atomic E-state index is 12.6. The molecule has 0 aliphatic carbocycles. The quantitative estimate of drug-likeness (QED) is 0.234. The van der Waals surface area contributed by atoms with Crippen LogP contribution in [0, 0.1) is 0 Å². The molecule has 1 rings (SSSR count). The number of hydrogen-bond acceptors (Lipinski definition) is 5. The second-order valence-corrected chi connectivity index (χ2v) is 8.49. The highest BCUT2D eigenvalue weighted by atomic mass is 35.5. The Labute approximate surface area is 192 Å². The van der Waals surface area contributed by atoms with Gasteiger partial charge in [0.05, 0.1) is 11.7 Å². The number of unbranched alkanes of at least 4 members (excludes halogenated alkanes) is 1. The lowest BCUT2D eigenvalue weighted by molar-refractivity contribution is -0.132. The van der Waals surface area contributed by atoms with Crippen molar-refractivity contribution in [1.82, 2.24) is 4.90 Å². The van der Waals surface area contributed by atoms with Gasteiger partial charge < -0.3 is 9.47 Å². The van der Waals surface area contributed by atoms with E-state index in [1.54, 1.807) is 27.7 Å². The molecule has 0 heterocycles. The Morgan fingerprint density at radius 1 is 1.13 bits per heavy atom. The van der Waals surface area contributed by atoms with Crippen LogP contribution in [0.2, 0.25) is 10.0 Å². The summed E-state index contributed by atoms with van der Waals surface area (Å²) in [6.07, 6.45) is 0.102. The van der Waals surface area contributed by atoms with Crippen LogP contribution in [0.25, 0.3) is 0 Å². The van der Waals surface area contributed by atoms with E-state index in [0.717, 1.165) is 4.90 Å². The van der Waals surface area contributed by atoms with Crippen LogP contribution in [-0.2, 0) is 9.53 Å². The summed E-state index contributed by atoms with van der Waals surface area (Å²) in [5.74, 6) is -0.938. The monoisotopic (exact) mass is 475 g/mol. The standard InChI is InChI=1S/C22H28Cl2FNO5/c1-6-14(2)20(28)15-9-10-16(19(24)18(15)23)30-13-17(27)26(12-8-7-11-25)21(29)31-22(3,4)5/h9-10H,2,6-8,11-13H2,1,3-5H3. The third-order valence-electron chi connectivity index (χ3n) is 4.07. The summed E-state index contributed by atoms with van der Waals surface area (Å²) in [7, 11) is 0. The zero-order chi connectivity index (χ0) is 23.8. The summed E-state index contributed by atoms with van der Waals surface area (Å²) >= 11 is 12.4. The van der Waals surface area contributed by atoms with Gasteiger partial charge >= 0.3 is 6.09 Å². The maximum absolute atomic E-state index is 12.6. The number of allylic oxidation sites excluding steroid dienone is 1. The average molecular weight is 476 g/mol. The number of carbonyl (C=O) groups excluding carboxylic acids is 3. The van der Waals surface area contributed by atoms with Gasteiger partial charge in [0.15, 0.2) is 12.4 Å². The molecule has 0 atom stereocenters. The van der Waals surface area contributed by atoms with E-state index in [9.17, 15) is 18.8 Å². The van der Waals surface area contributed by atoms with E-state index in [2.05, 4.69) is 6.58 Å². The fourth-order valence-electron chi connectivity index (χ4n) is 2.39. The Morgan fingerprint density at radius 3 is 2.32 bits per heavy atom.